The van der Waals surface area contributed by atoms with Crippen molar-refractivity contribution in [1.29, 1.82) is 0 Å². The standard InChI is InChI=1S/C71H45N2O.Bi/c1-43-32-48-38-49(33-43)73(47-29-31-61-59-21-9-15-27-67(59)71(69(61)42-47)64-24-12-6-18-56(64)57-19-7-13-25-65(57)71)51-35-45(3)37-53(40-51)74-52-36-44(2)34-50(39-52)72(48)46-28-30-60-58-20-8-14-26-66(58)70(68(60)41-46)62-22-10-4-16-54(62)55-17-5-11-23-63(55)70;/h4-37,41-42H,1-3H3;. The third-order valence-electron chi connectivity index (χ3n) is 17.9. The van der Waals surface area contributed by atoms with Crippen LogP contribution in [0.2, 0.25) is 0 Å². The summed E-state index contributed by atoms with van der Waals surface area (Å²) in [7, 11) is 0. The Kier molecular flexibility index (Phi) is 7.72. The van der Waals surface area contributed by atoms with Crippen LogP contribution in [0.15, 0.2) is 218 Å². The van der Waals surface area contributed by atoms with Crippen LogP contribution < -0.4 is 24.4 Å². The summed E-state index contributed by atoms with van der Waals surface area (Å²) in [6.45, 7) is 6.79. The van der Waals surface area contributed by atoms with E-state index in [2.05, 4.69) is 249 Å². The van der Waals surface area contributed by atoms with E-state index >= 15 is 0 Å². The van der Waals surface area contributed by atoms with E-state index in [9.17, 15) is 0 Å². The van der Waals surface area contributed by atoms with Crippen LogP contribution in [0.4, 0.5) is 34.1 Å². The third-order valence-corrected chi connectivity index (χ3v) is 28.4. The summed E-state index contributed by atoms with van der Waals surface area (Å²) in [4.78, 5) is 5.28. The van der Waals surface area contributed by atoms with E-state index < -0.39 is 32.6 Å². The number of rotatable bonds is 2. The molecule has 18 rings (SSSR count). The summed E-state index contributed by atoms with van der Waals surface area (Å²) in [5.41, 5.74) is 31.6. The number of hydrogen-bond acceptors (Lipinski definition) is 3. The van der Waals surface area contributed by atoms with Crippen molar-refractivity contribution in [2.24, 2.45) is 0 Å². The summed E-state index contributed by atoms with van der Waals surface area (Å²) < 4.78 is 11.7. The molecule has 0 amide bonds. The first-order valence-electron chi connectivity index (χ1n) is 26.3. The van der Waals surface area contributed by atoms with Crippen LogP contribution in [0.5, 0.6) is 11.5 Å². The molecule has 4 aliphatic carbocycles. The fourth-order valence-corrected chi connectivity index (χ4v) is 26.7. The molecule has 0 N–H and O–H groups in total. The Morgan fingerprint density at radius 2 is 0.573 bits per heavy atom. The minimum absolute atomic E-state index is 0.457. The number of ether oxygens (including phenoxy) is 1. The summed E-state index contributed by atoms with van der Waals surface area (Å²) >= 11 is -3.18. The number of benzene rings is 11. The molecule has 3 aliphatic heterocycles. The fraction of sp³-hybridized carbons (Fsp3) is 0.0704. The zero-order valence-corrected chi connectivity index (χ0v) is 45.0. The molecule has 3 heterocycles. The molecule has 75 heavy (non-hydrogen) atoms. The molecule has 0 aromatic heterocycles. The molecule has 11 aromatic carbocycles. The van der Waals surface area contributed by atoms with Crippen molar-refractivity contribution in [2.45, 2.75) is 31.6 Å². The van der Waals surface area contributed by atoms with Gasteiger partial charge in [0.25, 0.3) is 0 Å². The van der Waals surface area contributed by atoms with Gasteiger partial charge in [-0.1, -0.05) is 0 Å². The van der Waals surface area contributed by atoms with Gasteiger partial charge in [-0.3, -0.25) is 0 Å². The average Bonchev–Trinajstić information content (AvgIpc) is 4.14. The molecule has 4 heteroatoms. The summed E-state index contributed by atoms with van der Waals surface area (Å²) in [6.07, 6.45) is 0. The number of hydrogen-bond donors (Lipinski definition) is 0. The van der Waals surface area contributed by atoms with Gasteiger partial charge in [-0.15, -0.1) is 0 Å². The number of aryl methyl sites for hydroxylation is 3. The van der Waals surface area contributed by atoms with Crippen LogP contribution in [-0.2, 0) is 10.8 Å². The van der Waals surface area contributed by atoms with Crippen molar-refractivity contribution in [3.63, 3.8) is 0 Å². The van der Waals surface area contributed by atoms with Gasteiger partial charge < -0.3 is 0 Å². The topological polar surface area (TPSA) is 15.7 Å². The second-order valence-corrected chi connectivity index (χ2v) is 29.6. The van der Waals surface area contributed by atoms with Gasteiger partial charge in [0.2, 0.25) is 0 Å². The Morgan fingerprint density at radius 3 is 0.907 bits per heavy atom. The van der Waals surface area contributed by atoms with Crippen LogP contribution >= 0.6 is 0 Å². The van der Waals surface area contributed by atoms with Gasteiger partial charge >= 0.3 is 447 Å². The van der Waals surface area contributed by atoms with Crippen molar-refractivity contribution < 1.29 is 4.74 Å². The molecule has 3 nitrogen and oxygen atoms in total. The van der Waals surface area contributed by atoms with Crippen LogP contribution in [-0.4, -0.2) is 21.8 Å². The molecule has 0 radical (unpaired) electrons. The molecular formula is C71H45BiN2O. The molecule has 7 aliphatic rings. The fourth-order valence-electron chi connectivity index (χ4n) is 15.4. The van der Waals surface area contributed by atoms with Crippen LogP contribution in [0, 0.1) is 20.8 Å². The normalized spacial score (nSPS) is 15.6. The summed E-state index contributed by atoms with van der Waals surface area (Å²) in [6, 6.07) is 84.3. The van der Waals surface area contributed by atoms with Gasteiger partial charge in [-0.2, -0.15) is 0 Å². The minimum atomic E-state index is -3.18. The molecule has 0 saturated carbocycles. The Morgan fingerprint density at radius 1 is 0.293 bits per heavy atom. The van der Waals surface area contributed by atoms with Crippen LogP contribution in [0.3, 0.4) is 0 Å². The molecule has 2 spiro atoms. The average molecular weight is 1150 g/mol. The van der Waals surface area contributed by atoms with E-state index in [1.54, 1.807) is 0 Å². The predicted molar refractivity (Wildman–Crippen MR) is 307 cm³/mol. The first kappa shape index (κ1) is 41.1. The maximum absolute atomic E-state index is 7.34. The Labute approximate surface area is 444 Å². The molecule has 0 fully saturated rings. The monoisotopic (exact) mass is 1150 g/mol. The SMILES string of the molecule is Cc1cc2[c]3c(c1)N(c1ccc4c(c1)C1(c5ccccc5-c5ccccc51)c1ccccc1-4)c1cc(C)cc4[c]1[Bi]3[c]1c(cc(C)cc1N4c1ccc3c(c1)C1(c4ccccc4-c4ccccc41)c1ccccc1-3)O2. The molecular weight excluding hydrogens is 1110 g/mol. The quantitative estimate of drug-likeness (QED) is 0.160. The van der Waals surface area contributed by atoms with E-state index in [1.165, 1.54) is 150 Å². The Balaban J connectivity index is 0.904. The molecule has 350 valence electrons. The van der Waals surface area contributed by atoms with Crippen molar-refractivity contribution in [1.82, 2.24) is 0 Å². The van der Waals surface area contributed by atoms with Gasteiger partial charge in [0, 0.05) is 0 Å². The van der Waals surface area contributed by atoms with Gasteiger partial charge in [0.15, 0.2) is 0 Å². The summed E-state index contributed by atoms with van der Waals surface area (Å²) in [5.74, 6) is 2.06. The zero-order valence-electron chi connectivity index (χ0n) is 41.5. The van der Waals surface area contributed by atoms with Gasteiger partial charge in [-0.25, -0.2) is 0 Å². The van der Waals surface area contributed by atoms with E-state index in [-0.39, 0.29) is 0 Å². The van der Waals surface area contributed by atoms with Crippen molar-refractivity contribution >= 4 is 65.7 Å². The third kappa shape index (κ3) is 4.80. The molecule has 0 saturated heterocycles. The first-order chi connectivity index (χ1) is 36.9. The van der Waals surface area contributed by atoms with E-state index in [0.717, 1.165) is 11.5 Å². The van der Waals surface area contributed by atoms with E-state index in [1.807, 2.05) is 0 Å². The zero-order chi connectivity index (χ0) is 49.2. The maximum atomic E-state index is 7.34. The van der Waals surface area contributed by atoms with Crippen LogP contribution in [0.25, 0.3) is 44.5 Å². The second kappa shape index (κ2) is 14.1. The molecule has 11 aromatic rings. The van der Waals surface area contributed by atoms with Gasteiger partial charge in [-0.05, 0) is 0 Å². The summed E-state index contributed by atoms with van der Waals surface area (Å²) in [5, 5.41) is 0. The number of nitrogens with zero attached hydrogens (tertiary/aromatic N) is 2. The Hall–Kier alpha value is -8.30. The second-order valence-electron chi connectivity index (χ2n) is 21.8. The van der Waals surface area contributed by atoms with Crippen molar-refractivity contribution in [3.05, 3.63) is 280 Å². The predicted octanol–water partition coefficient (Wildman–Crippen LogP) is 15.5. The molecule has 0 bridgehead atoms. The van der Waals surface area contributed by atoms with E-state index in [4.69, 9.17) is 4.74 Å². The van der Waals surface area contributed by atoms with Gasteiger partial charge in [0.05, 0.1) is 0 Å². The van der Waals surface area contributed by atoms with Crippen LogP contribution in [0.1, 0.15) is 61.2 Å². The first-order valence-corrected chi connectivity index (χ1v) is 31.5. The number of anilines is 6. The van der Waals surface area contributed by atoms with Crippen molar-refractivity contribution in [2.75, 3.05) is 9.80 Å². The van der Waals surface area contributed by atoms with Crippen molar-refractivity contribution in [3.8, 4) is 56.0 Å². The Bertz CT molecular complexity index is 4080. The van der Waals surface area contributed by atoms with Gasteiger partial charge in [0.1, 0.15) is 0 Å². The molecule has 0 unspecified atom stereocenters. The van der Waals surface area contributed by atoms with E-state index in [0.29, 0.717) is 0 Å². The number of fused-ring (bicyclic) bond motifs is 20. The molecule has 0 atom stereocenters.